The topological polar surface area (TPSA) is 32.5 Å². The van der Waals surface area contributed by atoms with Gasteiger partial charge in [0.2, 0.25) is 0 Å². The van der Waals surface area contributed by atoms with E-state index in [-0.39, 0.29) is 0 Å². The Balaban J connectivity index is 2.09. The Morgan fingerprint density at radius 3 is 2.20 bits per heavy atom. The monoisotopic (exact) mass is 339 g/mol. The molecule has 112 valence electrons. The zero-order chi connectivity index (χ0) is 14.8. The van der Waals surface area contributed by atoms with Crippen LogP contribution in [0.15, 0.2) is 28.7 Å². The molecule has 1 fully saturated rings. The van der Waals surface area contributed by atoms with E-state index < -0.39 is 0 Å². The lowest BCUT2D eigenvalue weighted by Crippen LogP contribution is -2.57. The van der Waals surface area contributed by atoms with Gasteiger partial charge in [0.05, 0.1) is 0 Å². The molecule has 0 bridgehead atoms. The van der Waals surface area contributed by atoms with Crippen LogP contribution in [0.25, 0.3) is 0 Å². The van der Waals surface area contributed by atoms with E-state index in [9.17, 15) is 0 Å². The minimum Gasteiger partial charge on any atom is -0.329 e. The van der Waals surface area contributed by atoms with Gasteiger partial charge in [-0.25, -0.2) is 0 Å². The number of benzene rings is 1. The molecule has 0 spiro atoms. The number of halogens is 1. The highest BCUT2D eigenvalue weighted by Gasteiger charge is 2.40. The Hall–Kier alpha value is -0.420. The highest BCUT2D eigenvalue weighted by molar-refractivity contribution is 9.10. The molecule has 3 nitrogen and oxygen atoms in total. The van der Waals surface area contributed by atoms with Crippen molar-refractivity contribution in [1.82, 2.24) is 9.80 Å². The van der Waals surface area contributed by atoms with Crippen molar-refractivity contribution >= 4 is 15.9 Å². The van der Waals surface area contributed by atoms with E-state index >= 15 is 0 Å². The fourth-order valence-corrected chi connectivity index (χ4v) is 3.43. The molecule has 2 rings (SSSR count). The van der Waals surface area contributed by atoms with E-state index in [0.29, 0.717) is 18.1 Å². The van der Waals surface area contributed by atoms with Crippen LogP contribution in [0.1, 0.15) is 30.9 Å². The average Bonchev–Trinajstić information content (AvgIpc) is 2.36. The summed E-state index contributed by atoms with van der Waals surface area (Å²) >= 11 is 3.49. The zero-order valence-electron chi connectivity index (χ0n) is 12.8. The SMILES string of the molecule is CN(CC1(N(C)C)CCC1)C(CN)c1ccc(Br)cc1. The highest BCUT2D eigenvalue weighted by Crippen LogP contribution is 2.38. The van der Waals surface area contributed by atoms with Crippen molar-refractivity contribution in [2.24, 2.45) is 5.73 Å². The fraction of sp³-hybridized carbons (Fsp3) is 0.625. The van der Waals surface area contributed by atoms with E-state index in [2.05, 4.69) is 71.1 Å². The molecule has 1 atom stereocenters. The van der Waals surface area contributed by atoms with Crippen molar-refractivity contribution in [3.05, 3.63) is 34.3 Å². The van der Waals surface area contributed by atoms with Gasteiger partial charge in [0.25, 0.3) is 0 Å². The minimum absolute atomic E-state index is 0.292. The quantitative estimate of drug-likeness (QED) is 0.864. The Bertz CT molecular complexity index is 426. The van der Waals surface area contributed by atoms with Crippen molar-refractivity contribution in [1.29, 1.82) is 0 Å². The van der Waals surface area contributed by atoms with Crippen LogP contribution in [0.5, 0.6) is 0 Å². The Kier molecular flexibility index (Phi) is 5.24. The first-order chi connectivity index (χ1) is 9.48. The molecule has 1 aromatic carbocycles. The number of likely N-dealkylation sites (N-methyl/N-ethyl adjacent to an activating group) is 2. The maximum absolute atomic E-state index is 6.03. The summed E-state index contributed by atoms with van der Waals surface area (Å²) in [4.78, 5) is 4.81. The number of hydrogen-bond donors (Lipinski definition) is 1. The van der Waals surface area contributed by atoms with E-state index in [4.69, 9.17) is 5.73 Å². The van der Waals surface area contributed by atoms with Crippen LogP contribution in [0.2, 0.25) is 0 Å². The van der Waals surface area contributed by atoms with Crippen LogP contribution in [-0.4, -0.2) is 49.6 Å². The molecule has 0 heterocycles. The van der Waals surface area contributed by atoms with Gasteiger partial charge in [0, 0.05) is 29.1 Å². The lowest BCUT2D eigenvalue weighted by atomic mass is 9.75. The van der Waals surface area contributed by atoms with Gasteiger partial charge in [-0.3, -0.25) is 4.90 Å². The van der Waals surface area contributed by atoms with Gasteiger partial charge < -0.3 is 10.6 Å². The first-order valence-corrected chi connectivity index (χ1v) is 8.11. The summed E-state index contributed by atoms with van der Waals surface area (Å²) in [5.41, 5.74) is 7.67. The van der Waals surface area contributed by atoms with Gasteiger partial charge in [-0.05, 0) is 58.1 Å². The molecule has 1 saturated carbocycles. The molecular weight excluding hydrogens is 314 g/mol. The molecule has 1 aromatic rings. The number of nitrogens with zero attached hydrogens (tertiary/aromatic N) is 2. The largest absolute Gasteiger partial charge is 0.329 e. The third-order valence-electron chi connectivity index (χ3n) is 4.79. The highest BCUT2D eigenvalue weighted by atomic mass is 79.9. The summed E-state index contributed by atoms with van der Waals surface area (Å²) in [5, 5.41) is 0. The molecule has 0 amide bonds. The van der Waals surface area contributed by atoms with Crippen molar-refractivity contribution in [2.45, 2.75) is 30.8 Å². The summed E-state index contributed by atoms with van der Waals surface area (Å²) in [5.74, 6) is 0. The molecular formula is C16H26BrN3. The fourth-order valence-electron chi connectivity index (χ4n) is 3.16. The standard InChI is InChI=1S/C16H26BrN3/c1-19(2)16(9-4-10-16)12-20(3)15(11-18)13-5-7-14(17)8-6-13/h5-8,15H,4,9-12,18H2,1-3H3. The Morgan fingerprint density at radius 1 is 1.20 bits per heavy atom. The van der Waals surface area contributed by atoms with Crippen LogP contribution in [0.3, 0.4) is 0 Å². The molecule has 0 saturated heterocycles. The van der Waals surface area contributed by atoms with Gasteiger partial charge in [-0.2, -0.15) is 0 Å². The second kappa shape index (κ2) is 6.56. The van der Waals surface area contributed by atoms with Crippen molar-refractivity contribution in [3.63, 3.8) is 0 Å². The van der Waals surface area contributed by atoms with Crippen molar-refractivity contribution < 1.29 is 0 Å². The number of rotatable bonds is 6. The smallest absolute Gasteiger partial charge is 0.0468 e. The van der Waals surface area contributed by atoms with Gasteiger partial charge in [-0.1, -0.05) is 28.1 Å². The predicted octanol–water partition coefficient (Wildman–Crippen LogP) is 2.87. The molecule has 20 heavy (non-hydrogen) atoms. The van der Waals surface area contributed by atoms with Gasteiger partial charge in [0.15, 0.2) is 0 Å². The molecule has 0 aliphatic heterocycles. The second-order valence-electron chi connectivity index (χ2n) is 6.19. The van der Waals surface area contributed by atoms with Crippen LogP contribution < -0.4 is 5.73 Å². The zero-order valence-corrected chi connectivity index (χ0v) is 14.4. The lowest BCUT2D eigenvalue weighted by Gasteiger charge is -2.50. The van der Waals surface area contributed by atoms with Crippen molar-refractivity contribution in [3.8, 4) is 0 Å². The molecule has 1 aliphatic rings. The maximum Gasteiger partial charge on any atom is 0.0468 e. The van der Waals surface area contributed by atoms with Gasteiger partial charge >= 0.3 is 0 Å². The maximum atomic E-state index is 6.03. The number of nitrogens with two attached hydrogens (primary N) is 1. The van der Waals surface area contributed by atoms with E-state index in [0.717, 1.165) is 11.0 Å². The first-order valence-electron chi connectivity index (χ1n) is 7.32. The summed E-state index contributed by atoms with van der Waals surface area (Å²) < 4.78 is 1.11. The third kappa shape index (κ3) is 3.25. The average molecular weight is 340 g/mol. The van der Waals surface area contributed by atoms with E-state index in [1.54, 1.807) is 0 Å². The number of hydrogen-bond acceptors (Lipinski definition) is 3. The molecule has 0 aromatic heterocycles. The molecule has 2 N–H and O–H groups in total. The summed E-state index contributed by atoms with van der Waals surface area (Å²) in [6, 6.07) is 8.82. The van der Waals surface area contributed by atoms with Gasteiger partial charge in [0.1, 0.15) is 0 Å². The lowest BCUT2D eigenvalue weighted by molar-refractivity contribution is 0.0168. The van der Waals surface area contributed by atoms with Crippen LogP contribution in [0.4, 0.5) is 0 Å². The third-order valence-corrected chi connectivity index (χ3v) is 5.32. The van der Waals surface area contributed by atoms with Crippen molar-refractivity contribution in [2.75, 3.05) is 34.2 Å². The normalized spacial score (nSPS) is 19.1. The molecule has 1 aliphatic carbocycles. The van der Waals surface area contributed by atoms with Gasteiger partial charge in [-0.15, -0.1) is 0 Å². The van der Waals surface area contributed by atoms with Crippen LogP contribution in [-0.2, 0) is 0 Å². The molecule has 4 heteroatoms. The minimum atomic E-state index is 0.292. The summed E-state index contributed by atoms with van der Waals surface area (Å²) in [6.07, 6.45) is 3.93. The van der Waals surface area contributed by atoms with E-state index in [1.807, 2.05) is 0 Å². The Morgan fingerprint density at radius 2 is 1.80 bits per heavy atom. The summed E-state index contributed by atoms with van der Waals surface area (Å²) in [7, 11) is 6.59. The summed E-state index contributed by atoms with van der Waals surface area (Å²) in [6.45, 7) is 1.74. The molecule has 1 unspecified atom stereocenters. The second-order valence-corrected chi connectivity index (χ2v) is 7.11. The van der Waals surface area contributed by atoms with Crippen LogP contribution in [0, 0.1) is 0 Å². The molecule has 0 radical (unpaired) electrons. The van der Waals surface area contributed by atoms with E-state index in [1.165, 1.54) is 24.8 Å². The predicted molar refractivity (Wildman–Crippen MR) is 88.8 cm³/mol. The Labute approximate surface area is 131 Å². The van der Waals surface area contributed by atoms with Crippen LogP contribution >= 0.6 is 15.9 Å². The first kappa shape index (κ1) is 16.0.